The summed E-state index contributed by atoms with van der Waals surface area (Å²) in [5.74, 6) is 0.152. The summed E-state index contributed by atoms with van der Waals surface area (Å²) in [6.45, 7) is 2.36. The van der Waals surface area contributed by atoms with Crippen LogP contribution in [0.25, 0.3) is 11.4 Å². The average Bonchev–Trinajstić information content (AvgIpc) is 3.49. The van der Waals surface area contributed by atoms with E-state index in [0.29, 0.717) is 54.3 Å². The number of hydrogen-bond acceptors (Lipinski definition) is 8. The maximum atomic E-state index is 13.2. The Kier molecular flexibility index (Phi) is 6.36. The van der Waals surface area contributed by atoms with E-state index >= 15 is 0 Å². The van der Waals surface area contributed by atoms with Gasteiger partial charge in [-0.3, -0.25) is 4.79 Å². The van der Waals surface area contributed by atoms with Crippen LogP contribution < -0.4 is 5.32 Å². The summed E-state index contributed by atoms with van der Waals surface area (Å²) in [4.78, 5) is 17.0. The third kappa shape index (κ3) is 4.57. The van der Waals surface area contributed by atoms with Crippen LogP contribution in [-0.4, -0.2) is 41.9 Å². The minimum atomic E-state index is -3.75. The molecule has 0 aliphatic carbocycles. The molecule has 0 bridgehead atoms. The van der Waals surface area contributed by atoms with Gasteiger partial charge >= 0.3 is 0 Å². The van der Waals surface area contributed by atoms with E-state index in [4.69, 9.17) is 9.78 Å². The number of sulfonamides is 1. The molecule has 1 aliphatic heterocycles. The number of benzene rings is 1. The van der Waals surface area contributed by atoms with Gasteiger partial charge in [0, 0.05) is 36.1 Å². The van der Waals surface area contributed by atoms with Gasteiger partial charge in [0.2, 0.25) is 17.6 Å². The molecule has 1 fully saturated rings. The minimum absolute atomic E-state index is 0.111. The second kappa shape index (κ2) is 9.20. The third-order valence-electron chi connectivity index (χ3n) is 5.23. The van der Waals surface area contributed by atoms with Crippen molar-refractivity contribution in [2.24, 2.45) is 5.92 Å². The van der Waals surface area contributed by atoms with Crippen LogP contribution in [0, 0.1) is 17.2 Å². The number of nitrogens with one attached hydrogen (secondary N) is 1. The van der Waals surface area contributed by atoms with Gasteiger partial charge in [0.15, 0.2) is 0 Å². The SMILES string of the molecule is CCc1nc(-c2csc(S(=O)(=O)N3CCC[C@@H](C(=O)Nc4ccc(C#N)cc4)C3)c2)no1. The van der Waals surface area contributed by atoms with Crippen molar-refractivity contribution < 1.29 is 17.7 Å². The van der Waals surface area contributed by atoms with Crippen LogP contribution in [0.4, 0.5) is 5.69 Å². The molecular formula is C21H21N5O4S2. The topological polar surface area (TPSA) is 129 Å². The van der Waals surface area contributed by atoms with E-state index in [2.05, 4.69) is 15.5 Å². The summed E-state index contributed by atoms with van der Waals surface area (Å²) < 4.78 is 33.1. The van der Waals surface area contributed by atoms with E-state index in [9.17, 15) is 13.2 Å². The number of carbonyl (C=O) groups excluding carboxylic acids is 1. The molecule has 1 saturated heterocycles. The molecule has 4 rings (SSSR count). The first-order chi connectivity index (χ1) is 15.4. The average molecular weight is 472 g/mol. The largest absolute Gasteiger partial charge is 0.339 e. The van der Waals surface area contributed by atoms with Crippen LogP contribution in [-0.2, 0) is 21.2 Å². The Balaban J connectivity index is 1.46. The summed E-state index contributed by atoms with van der Waals surface area (Å²) >= 11 is 1.10. The van der Waals surface area contributed by atoms with Gasteiger partial charge in [0.1, 0.15) is 4.21 Å². The Hall–Kier alpha value is -3.07. The predicted molar refractivity (Wildman–Crippen MR) is 118 cm³/mol. The highest BCUT2D eigenvalue weighted by Gasteiger charge is 2.34. The van der Waals surface area contributed by atoms with Gasteiger partial charge in [0.25, 0.3) is 10.0 Å². The number of thiophene rings is 1. The van der Waals surface area contributed by atoms with Crippen LogP contribution in [0.5, 0.6) is 0 Å². The lowest BCUT2D eigenvalue weighted by molar-refractivity contribution is -0.120. The van der Waals surface area contributed by atoms with Crippen molar-refractivity contribution in [2.75, 3.05) is 18.4 Å². The smallest absolute Gasteiger partial charge is 0.252 e. The van der Waals surface area contributed by atoms with Crippen LogP contribution in [0.2, 0.25) is 0 Å². The lowest BCUT2D eigenvalue weighted by atomic mass is 9.98. The molecule has 3 aromatic rings. The molecule has 32 heavy (non-hydrogen) atoms. The second-order valence-electron chi connectivity index (χ2n) is 7.40. The van der Waals surface area contributed by atoms with Gasteiger partial charge in [0.05, 0.1) is 17.6 Å². The van der Waals surface area contributed by atoms with E-state index in [1.165, 1.54) is 4.31 Å². The number of aryl methyl sites for hydroxylation is 1. The zero-order valence-electron chi connectivity index (χ0n) is 17.3. The fraction of sp³-hybridized carbons (Fsp3) is 0.333. The van der Waals surface area contributed by atoms with Crippen molar-refractivity contribution >= 4 is 33.0 Å². The van der Waals surface area contributed by atoms with Crippen LogP contribution >= 0.6 is 11.3 Å². The number of carbonyl (C=O) groups is 1. The molecule has 1 amide bonds. The number of amides is 1. The zero-order valence-corrected chi connectivity index (χ0v) is 18.9. The number of aromatic nitrogens is 2. The van der Waals surface area contributed by atoms with Crippen molar-refractivity contribution in [1.82, 2.24) is 14.4 Å². The van der Waals surface area contributed by atoms with E-state index < -0.39 is 15.9 Å². The quantitative estimate of drug-likeness (QED) is 0.584. The lowest BCUT2D eigenvalue weighted by Crippen LogP contribution is -2.43. The fourth-order valence-corrected chi connectivity index (χ4v) is 6.29. The first-order valence-corrected chi connectivity index (χ1v) is 12.5. The van der Waals surface area contributed by atoms with Crippen molar-refractivity contribution in [3.8, 4) is 17.5 Å². The molecule has 2 aromatic heterocycles. The van der Waals surface area contributed by atoms with E-state index in [0.717, 1.165) is 11.3 Å². The summed E-state index contributed by atoms with van der Waals surface area (Å²) in [6.07, 6.45) is 1.79. The molecule has 1 atom stereocenters. The standard InChI is InChI=1S/C21H21N5O4S2/c1-2-18-24-20(25-30-18)16-10-19(31-13-16)32(28,29)26-9-3-4-15(12-26)21(27)23-17-7-5-14(11-22)6-8-17/h5-8,10,13,15H,2-4,9,12H2,1H3,(H,23,27)/t15-/m1/s1. The highest BCUT2D eigenvalue weighted by molar-refractivity contribution is 7.91. The molecule has 1 N–H and O–H groups in total. The van der Waals surface area contributed by atoms with Crippen molar-refractivity contribution in [3.63, 3.8) is 0 Å². The number of anilines is 1. The molecule has 0 radical (unpaired) electrons. The first-order valence-electron chi connectivity index (χ1n) is 10.1. The molecule has 11 heteroatoms. The van der Waals surface area contributed by atoms with Gasteiger partial charge < -0.3 is 9.84 Å². The Morgan fingerprint density at radius 1 is 1.38 bits per heavy atom. The normalized spacial score (nSPS) is 17.1. The lowest BCUT2D eigenvalue weighted by Gasteiger charge is -2.30. The molecule has 1 aromatic carbocycles. The summed E-state index contributed by atoms with van der Waals surface area (Å²) in [5, 5.41) is 17.3. The molecule has 1 aliphatic rings. The maximum absolute atomic E-state index is 13.2. The Morgan fingerprint density at radius 2 is 2.16 bits per heavy atom. The number of nitrogens with zero attached hydrogens (tertiary/aromatic N) is 4. The molecule has 0 unspecified atom stereocenters. The number of hydrogen-bond donors (Lipinski definition) is 1. The molecule has 3 heterocycles. The van der Waals surface area contributed by atoms with Crippen molar-refractivity contribution in [1.29, 1.82) is 5.26 Å². The molecule has 9 nitrogen and oxygen atoms in total. The van der Waals surface area contributed by atoms with Crippen molar-refractivity contribution in [2.45, 2.75) is 30.4 Å². The van der Waals surface area contributed by atoms with E-state index in [1.54, 1.807) is 35.7 Å². The zero-order chi connectivity index (χ0) is 22.7. The monoisotopic (exact) mass is 471 g/mol. The van der Waals surface area contributed by atoms with Crippen LogP contribution in [0.1, 0.15) is 31.2 Å². The maximum Gasteiger partial charge on any atom is 0.252 e. The Labute approximate surface area is 189 Å². The number of nitriles is 1. The summed E-state index contributed by atoms with van der Waals surface area (Å²) in [6, 6.07) is 10.1. The highest BCUT2D eigenvalue weighted by Crippen LogP contribution is 2.31. The molecule has 166 valence electrons. The van der Waals surface area contributed by atoms with Gasteiger partial charge in [-0.05, 0) is 43.2 Å². The fourth-order valence-electron chi connectivity index (χ4n) is 3.46. The minimum Gasteiger partial charge on any atom is -0.339 e. The van der Waals surface area contributed by atoms with Gasteiger partial charge in [-0.25, -0.2) is 8.42 Å². The summed E-state index contributed by atoms with van der Waals surface area (Å²) in [5.41, 5.74) is 1.66. The summed E-state index contributed by atoms with van der Waals surface area (Å²) in [7, 11) is -3.75. The Bertz CT molecular complexity index is 1260. The second-order valence-corrected chi connectivity index (χ2v) is 10.5. The van der Waals surface area contributed by atoms with Gasteiger partial charge in [-0.1, -0.05) is 12.1 Å². The molecule has 0 saturated carbocycles. The van der Waals surface area contributed by atoms with Crippen LogP contribution in [0.15, 0.2) is 44.4 Å². The number of piperidine rings is 1. The predicted octanol–water partition coefficient (Wildman–Crippen LogP) is 3.27. The van der Waals surface area contributed by atoms with E-state index in [-0.39, 0.29) is 16.7 Å². The Morgan fingerprint density at radius 3 is 2.84 bits per heavy atom. The number of rotatable bonds is 6. The van der Waals surface area contributed by atoms with Crippen LogP contribution in [0.3, 0.4) is 0 Å². The van der Waals surface area contributed by atoms with E-state index in [1.807, 2.05) is 13.0 Å². The highest BCUT2D eigenvalue weighted by atomic mass is 32.2. The van der Waals surface area contributed by atoms with Gasteiger partial charge in [-0.15, -0.1) is 11.3 Å². The van der Waals surface area contributed by atoms with Gasteiger partial charge in [-0.2, -0.15) is 14.6 Å². The first kappa shape index (κ1) is 22.1. The third-order valence-corrected chi connectivity index (χ3v) is 8.52. The van der Waals surface area contributed by atoms with Crippen molar-refractivity contribution in [3.05, 3.63) is 47.2 Å². The molecular weight excluding hydrogens is 450 g/mol. The molecule has 0 spiro atoms.